The highest BCUT2D eigenvalue weighted by molar-refractivity contribution is 5.79. The molecular formula is C10H20N2O. The lowest BCUT2D eigenvalue weighted by molar-refractivity contribution is -0.125. The second-order valence-electron chi connectivity index (χ2n) is 3.91. The Morgan fingerprint density at radius 2 is 2.15 bits per heavy atom. The summed E-state index contributed by atoms with van der Waals surface area (Å²) in [6.45, 7) is 3.78. The van der Waals surface area contributed by atoms with E-state index in [4.69, 9.17) is 0 Å². The third-order valence-electron chi connectivity index (χ3n) is 2.87. The maximum absolute atomic E-state index is 11.6. The minimum absolute atomic E-state index is 0.250. The van der Waals surface area contributed by atoms with Crippen LogP contribution in [0.2, 0.25) is 0 Å². The molecule has 0 bridgehead atoms. The van der Waals surface area contributed by atoms with Crippen molar-refractivity contribution in [3.8, 4) is 0 Å². The predicted octanol–water partition coefficient (Wildman–Crippen LogP) is 0.758. The van der Waals surface area contributed by atoms with Crippen LogP contribution in [0.1, 0.15) is 26.2 Å². The number of carbonyl (C=O) groups is 1. The lowest BCUT2D eigenvalue weighted by Crippen LogP contribution is -2.35. The first-order valence-corrected chi connectivity index (χ1v) is 5.18. The summed E-state index contributed by atoms with van der Waals surface area (Å²) in [4.78, 5) is 11.6. The Hall–Kier alpha value is -0.570. The molecule has 76 valence electrons. The summed E-state index contributed by atoms with van der Waals surface area (Å²) < 4.78 is 0. The number of amides is 1. The molecule has 0 spiro atoms. The molecule has 1 saturated carbocycles. The molecule has 0 heterocycles. The first kappa shape index (κ1) is 10.5. The van der Waals surface area contributed by atoms with Gasteiger partial charge in [0.1, 0.15) is 0 Å². The molecule has 13 heavy (non-hydrogen) atoms. The molecule has 1 rings (SSSR count). The van der Waals surface area contributed by atoms with Gasteiger partial charge in [0, 0.05) is 19.0 Å². The Bertz CT molecular complexity index is 170. The van der Waals surface area contributed by atoms with Gasteiger partial charge in [0.05, 0.1) is 0 Å². The molecule has 2 unspecified atom stereocenters. The van der Waals surface area contributed by atoms with E-state index in [1.807, 2.05) is 7.05 Å². The first-order chi connectivity index (χ1) is 6.25. The van der Waals surface area contributed by atoms with Gasteiger partial charge in [0.25, 0.3) is 0 Å². The second-order valence-corrected chi connectivity index (χ2v) is 3.91. The lowest BCUT2D eigenvalue weighted by Gasteiger charge is -2.14. The molecule has 2 atom stereocenters. The number of carbonyl (C=O) groups excluding carboxylic acids is 1. The van der Waals surface area contributed by atoms with Crippen LogP contribution in [0.25, 0.3) is 0 Å². The molecule has 3 nitrogen and oxygen atoms in total. The van der Waals surface area contributed by atoms with Gasteiger partial charge in [0.2, 0.25) is 5.91 Å². The molecule has 1 amide bonds. The van der Waals surface area contributed by atoms with Gasteiger partial charge in [-0.15, -0.1) is 0 Å². The van der Waals surface area contributed by atoms with Crippen molar-refractivity contribution < 1.29 is 4.79 Å². The molecule has 3 heteroatoms. The highest BCUT2D eigenvalue weighted by Crippen LogP contribution is 2.30. The Morgan fingerprint density at radius 1 is 1.38 bits per heavy atom. The van der Waals surface area contributed by atoms with Gasteiger partial charge in [-0.3, -0.25) is 4.79 Å². The fraction of sp³-hybridized carbons (Fsp3) is 0.900. The maximum atomic E-state index is 11.6. The van der Waals surface area contributed by atoms with E-state index in [0.29, 0.717) is 5.92 Å². The van der Waals surface area contributed by atoms with Crippen LogP contribution in [0.15, 0.2) is 0 Å². The molecule has 1 aliphatic carbocycles. The van der Waals surface area contributed by atoms with Gasteiger partial charge in [-0.1, -0.05) is 13.3 Å². The summed E-state index contributed by atoms with van der Waals surface area (Å²) in [5.74, 6) is 1.10. The normalized spacial score (nSPS) is 27.5. The lowest BCUT2D eigenvalue weighted by atomic mass is 9.97. The van der Waals surface area contributed by atoms with E-state index in [1.165, 1.54) is 12.8 Å². The molecule has 0 saturated heterocycles. The minimum Gasteiger partial charge on any atom is -0.355 e. The van der Waals surface area contributed by atoms with Gasteiger partial charge >= 0.3 is 0 Å². The molecule has 1 aliphatic rings. The second kappa shape index (κ2) is 5.22. The largest absolute Gasteiger partial charge is 0.355 e. The number of hydrogen-bond acceptors (Lipinski definition) is 2. The van der Waals surface area contributed by atoms with Crippen molar-refractivity contribution >= 4 is 5.91 Å². The Balaban J connectivity index is 2.22. The Morgan fingerprint density at radius 3 is 2.69 bits per heavy atom. The van der Waals surface area contributed by atoms with Crippen LogP contribution in [0, 0.1) is 11.8 Å². The zero-order chi connectivity index (χ0) is 9.68. The summed E-state index contributed by atoms with van der Waals surface area (Å²) in [5, 5.41) is 5.96. The summed E-state index contributed by atoms with van der Waals surface area (Å²) in [6, 6.07) is 0. The number of nitrogens with one attached hydrogen (secondary N) is 2. The van der Waals surface area contributed by atoms with E-state index in [-0.39, 0.29) is 11.8 Å². The molecule has 0 aromatic carbocycles. The Kier molecular flexibility index (Phi) is 4.22. The molecule has 0 radical (unpaired) electrons. The van der Waals surface area contributed by atoms with Crippen LogP contribution >= 0.6 is 0 Å². The van der Waals surface area contributed by atoms with Gasteiger partial charge in [-0.05, 0) is 25.8 Å². The standard InChI is InChI=1S/C10H20N2O/c1-8-4-3-5-9(8)10(13)12-7-6-11-2/h8-9,11H,3-7H2,1-2H3,(H,12,13). The predicted molar refractivity (Wildman–Crippen MR) is 53.4 cm³/mol. The van der Waals surface area contributed by atoms with Crippen LogP contribution < -0.4 is 10.6 Å². The molecule has 1 fully saturated rings. The van der Waals surface area contributed by atoms with Crippen LogP contribution in [-0.2, 0) is 4.79 Å². The van der Waals surface area contributed by atoms with E-state index in [1.54, 1.807) is 0 Å². The van der Waals surface area contributed by atoms with E-state index in [0.717, 1.165) is 19.5 Å². The van der Waals surface area contributed by atoms with Crippen molar-refractivity contribution in [1.82, 2.24) is 10.6 Å². The molecule has 0 aliphatic heterocycles. The molecule has 0 aromatic rings. The van der Waals surface area contributed by atoms with E-state index in [9.17, 15) is 4.79 Å². The molecule has 0 aromatic heterocycles. The SMILES string of the molecule is CNCCNC(=O)C1CCCC1C. The quantitative estimate of drug-likeness (QED) is 0.633. The smallest absolute Gasteiger partial charge is 0.223 e. The summed E-state index contributed by atoms with van der Waals surface area (Å²) in [6.07, 6.45) is 3.50. The van der Waals surface area contributed by atoms with E-state index < -0.39 is 0 Å². The van der Waals surface area contributed by atoms with Gasteiger partial charge in [0.15, 0.2) is 0 Å². The topological polar surface area (TPSA) is 41.1 Å². The van der Waals surface area contributed by atoms with Gasteiger partial charge in [-0.2, -0.15) is 0 Å². The van der Waals surface area contributed by atoms with Crippen LogP contribution in [0.5, 0.6) is 0 Å². The van der Waals surface area contributed by atoms with Crippen LogP contribution in [0.3, 0.4) is 0 Å². The van der Waals surface area contributed by atoms with Gasteiger partial charge in [-0.25, -0.2) is 0 Å². The number of rotatable bonds is 4. The molecular weight excluding hydrogens is 164 g/mol. The van der Waals surface area contributed by atoms with E-state index >= 15 is 0 Å². The Labute approximate surface area is 80.3 Å². The van der Waals surface area contributed by atoms with Crippen molar-refractivity contribution in [3.05, 3.63) is 0 Å². The first-order valence-electron chi connectivity index (χ1n) is 5.18. The summed E-state index contributed by atoms with van der Waals surface area (Å²) >= 11 is 0. The minimum atomic E-state index is 0.250. The van der Waals surface area contributed by atoms with Crippen molar-refractivity contribution in [1.29, 1.82) is 0 Å². The van der Waals surface area contributed by atoms with Crippen LogP contribution in [0.4, 0.5) is 0 Å². The zero-order valence-corrected chi connectivity index (χ0v) is 8.60. The van der Waals surface area contributed by atoms with Crippen molar-refractivity contribution in [2.75, 3.05) is 20.1 Å². The average Bonchev–Trinajstić information content (AvgIpc) is 2.52. The third kappa shape index (κ3) is 2.99. The van der Waals surface area contributed by atoms with Crippen molar-refractivity contribution in [2.24, 2.45) is 11.8 Å². The monoisotopic (exact) mass is 184 g/mol. The highest BCUT2D eigenvalue weighted by Gasteiger charge is 2.28. The summed E-state index contributed by atoms with van der Waals surface area (Å²) in [5.41, 5.74) is 0. The fourth-order valence-electron chi connectivity index (χ4n) is 1.98. The fourth-order valence-corrected chi connectivity index (χ4v) is 1.98. The third-order valence-corrected chi connectivity index (χ3v) is 2.87. The highest BCUT2D eigenvalue weighted by atomic mass is 16.1. The van der Waals surface area contributed by atoms with Gasteiger partial charge < -0.3 is 10.6 Å². The van der Waals surface area contributed by atoms with Crippen LogP contribution in [-0.4, -0.2) is 26.0 Å². The average molecular weight is 184 g/mol. The zero-order valence-electron chi connectivity index (χ0n) is 8.60. The van der Waals surface area contributed by atoms with E-state index in [2.05, 4.69) is 17.6 Å². The number of hydrogen-bond donors (Lipinski definition) is 2. The maximum Gasteiger partial charge on any atom is 0.223 e. The molecule has 2 N–H and O–H groups in total. The summed E-state index contributed by atoms with van der Waals surface area (Å²) in [7, 11) is 1.89. The van der Waals surface area contributed by atoms with Crippen molar-refractivity contribution in [2.45, 2.75) is 26.2 Å². The van der Waals surface area contributed by atoms with Crippen molar-refractivity contribution in [3.63, 3.8) is 0 Å². The number of likely N-dealkylation sites (N-methyl/N-ethyl adjacent to an activating group) is 1.